The lowest BCUT2D eigenvalue weighted by Crippen LogP contribution is -2.04. The molecule has 9 aromatic carbocycles. The predicted molar refractivity (Wildman–Crippen MR) is 271 cm³/mol. The Bertz CT molecular complexity index is 4270. The van der Waals surface area contributed by atoms with Crippen LogP contribution in [0, 0.1) is 0 Å². The van der Waals surface area contributed by atoms with E-state index in [0.29, 0.717) is 23.4 Å². The molecule has 0 bridgehead atoms. The summed E-state index contributed by atoms with van der Waals surface area (Å²) in [5, 5.41) is 6.24. The zero-order valence-electron chi connectivity index (χ0n) is 35.7. The summed E-state index contributed by atoms with van der Waals surface area (Å²) in [6, 6.07) is 73.2. The summed E-state index contributed by atoms with van der Waals surface area (Å²) in [6.45, 7) is 0. The highest BCUT2D eigenvalue weighted by Crippen LogP contribution is 2.43. The summed E-state index contributed by atoms with van der Waals surface area (Å²) in [4.78, 5) is 26.4. The molecule has 14 rings (SSSR count). The molecule has 14 aromatic rings. The molecular weight excluding hydrogens is 823 g/mol. The molecule has 67 heavy (non-hydrogen) atoms. The molecule has 312 valence electrons. The van der Waals surface area contributed by atoms with E-state index in [2.05, 4.69) is 143 Å². The van der Waals surface area contributed by atoms with Crippen LogP contribution in [0.15, 0.2) is 217 Å². The van der Waals surface area contributed by atoms with E-state index in [4.69, 9.17) is 29.3 Å². The van der Waals surface area contributed by atoms with Crippen molar-refractivity contribution in [3.63, 3.8) is 0 Å². The number of aromatic nitrogens is 7. The fraction of sp³-hybridized carbons (Fsp3) is 0. The molecular formula is C59H35N7O. The summed E-state index contributed by atoms with van der Waals surface area (Å²) >= 11 is 0. The quantitative estimate of drug-likeness (QED) is 0.165. The molecule has 8 nitrogen and oxygen atoms in total. The number of hydrogen-bond donors (Lipinski definition) is 0. The first-order valence-electron chi connectivity index (χ1n) is 22.3. The third-order valence-electron chi connectivity index (χ3n) is 13.0. The van der Waals surface area contributed by atoms with Gasteiger partial charge < -0.3 is 4.42 Å². The van der Waals surface area contributed by atoms with Crippen molar-refractivity contribution >= 4 is 76.5 Å². The van der Waals surface area contributed by atoms with E-state index in [-0.39, 0.29) is 0 Å². The lowest BCUT2D eigenvalue weighted by atomic mass is 10.00. The van der Waals surface area contributed by atoms with Crippen LogP contribution in [-0.4, -0.2) is 34.1 Å². The summed E-state index contributed by atoms with van der Waals surface area (Å²) in [7, 11) is 0. The molecule has 0 atom stereocenters. The van der Waals surface area contributed by atoms with Gasteiger partial charge in [-0.2, -0.15) is 0 Å². The van der Waals surface area contributed by atoms with E-state index in [0.717, 1.165) is 110 Å². The van der Waals surface area contributed by atoms with Gasteiger partial charge in [0.25, 0.3) is 0 Å². The SMILES string of the molecule is c1ccc(-c2nc3ccc4c5cc(-c6cccc7c8ccccc8n(-c8nc(-c9ccccc9)c9ccccc9n8)c67)ccc5n(-c5nc(-c6ccccc6)c6ccccc6n5)c4c3o2)cc1. The number of benzene rings is 9. The minimum Gasteiger partial charge on any atom is -0.434 e. The third kappa shape index (κ3) is 5.76. The highest BCUT2D eigenvalue weighted by Gasteiger charge is 2.25. The Labute approximate surface area is 382 Å². The molecule has 0 radical (unpaired) electrons. The minimum atomic E-state index is 0.542. The van der Waals surface area contributed by atoms with Gasteiger partial charge in [-0.05, 0) is 60.2 Å². The summed E-state index contributed by atoms with van der Waals surface area (Å²) in [5.74, 6) is 1.70. The molecule has 0 unspecified atom stereocenters. The maximum Gasteiger partial charge on any atom is 0.235 e. The largest absolute Gasteiger partial charge is 0.434 e. The van der Waals surface area contributed by atoms with Crippen LogP contribution in [0.4, 0.5) is 0 Å². The Morgan fingerprint density at radius 3 is 1.49 bits per heavy atom. The first-order valence-corrected chi connectivity index (χ1v) is 22.3. The van der Waals surface area contributed by atoms with Gasteiger partial charge in [0, 0.05) is 54.6 Å². The van der Waals surface area contributed by atoms with Crippen molar-refractivity contribution in [2.24, 2.45) is 0 Å². The zero-order valence-corrected chi connectivity index (χ0v) is 35.7. The first kappa shape index (κ1) is 37.1. The molecule has 5 aromatic heterocycles. The Morgan fingerprint density at radius 1 is 0.313 bits per heavy atom. The number of para-hydroxylation sites is 4. The van der Waals surface area contributed by atoms with Crippen LogP contribution in [0.3, 0.4) is 0 Å². The Balaban J connectivity index is 1.06. The lowest BCUT2D eigenvalue weighted by molar-refractivity contribution is 0.621. The summed E-state index contributed by atoms with van der Waals surface area (Å²) in [5.41, 5.74) is 13.8. The topological polar surface area (TPSA) is 87.5 Å². The van der Waals surface area contributed by atoms with Gasteiger partial charge in [0.05, 0.1) is 39.0 Å². The van der Waals surface area contributed by atoms with Gasteiger partial charge >= 0.3 is 0 Å². The van der Waals surface area contributed by atoms with Gasteiger partial charge in [-0.15, -0.1) is 0 Å². The highest BCUT2D eigenvalue weighted by atomic mass is 16.3. The van der Waals surface area contributed by atoms with E-state index in [1.165, 1.54) is 0 Å². The van der Waals surface area contributed by atoms with Crippen molar-refractivity contribution in [2.45, 2.75) is 0 Å². The molecule has 0 saturated carbocycles. The van der Waals surface area contributed by atoms with Crippen molar-refractivity contribution < 1.29 is 4.42 Å². The average molecular weight is 858 g/mol. The van der Waals surface area contributed by atoms with Crippen LogP contribution in [0.5, 0.6) is 0 Å². The number of nitrogens with zero attached hydrogens (tertiary/aromatic N) is 7. The van der Waals surface area contributed by atoms with Crippen molar-refractivity contribution in [1.29, 1.82) is 0 Å². The fourth-order valence-electron chi connectivity index (χ4n) is 9.98. The molecule has 0 aliphatic heterocycles. The van der Waals surface area contributed by atoms with Crippen LogP contribution < -0.4 is 0 Å². The molecule has 0 aliphatic carbocycles. The Morgan fingerprint density at radius 2 is 0.836 bits per heavy atom. The molecule has 0 aliphatic rings. The third-order valence-corrected chi connectivity index (χ3v) is 13.0. The molecule has 5 heterocycles. The van der Waals surface area contributed by atoms with E-state index in [1.54, 1.807) is 0 Å². The first-order chi connectivity index (χ1) is 33.2. The second-order valence-corrected chi connectivity index (χ2v) is 16.8. The van der Waals surface area contributed by atoms with E-state index < -0.39 is 0 Å². The monoisotopic (exact) mass is 857 g/mol. The van der Waals surface area contributed by atoms with Gasteiger partial charge in [0.15, 0.2) is 5.58 Å². The zero-order chi connectivity index (χ0) is 44.0. The standard InChI is InChI=1S/C59H35N7O/c1-4-17-36(18-5-1)52-44-24-10-13-28-47(44)61-58(63-52)65-50-30-15-12-23-41(50)42-27-16-26-40(54(42)65)39-31-34-51-46(35-39)43-32-33-49-56(67-57(60-49)38-21-8-3-9-22-38)55(43)66(51)59-62-48-29-14-11-25-45(48)53(64-59)37-19-6-2-7-20-37/h1-35H. The van der Waals surface area contributed by atoms with Crippen molar-refractivity contribution in [1.82, 2.24) is 34.1 Å². The second kappa shape index (κ2) is 14.6. The molecule has 0 N–H and O–H groups in total. The van der Waals surface area contributed by atoms with Crippen LogP contribution in [0.1, 0.15) is 0 Å². The summed E-state index contributed by atoms with van der Waals surface area (Å²) in [6.07, 6.45) is 0. The number of fused-ring (bicyclic) bond motifs is 10. The summed E-state index contributed by atoms with van der Waals surface area (Å²) < 4.78 is 11.2. The fourth-order valence-corrected chi connectivity index (χ4v) is 9.98. The maximum absolute atomic E-state index is 6.80. The normalized spacial score (nSPS) is 11.9. The molecule has 0 amide bonds. The van der Waals surface area contributed by atoms with Gasteiger partial charge in [-0.3, -0.25) is 9.13 Å². The Hall–Kier alpha value is -9.27. The van der Waals surface area contributed by atoms with Crippen LogP contribution in [0.2, 0.25) is 0 Å². The highest BCUT2D eigenvalue weighted by molar-refractivity contribution is 6.19. The van der Waals surface area contributed by atoms with E-state index >= 15 is 0 Å². The van der Waals surface area contributed by atoms with Crippen LogP contribution >= 0.6 is 0 Å². The Kier molecular flexibility index (Phi) is 8.11. The number of hydrogen-bond acceptors (Lipinski definition) is 6. The van der Waals surface area contributed by atoms with Gasteiger partial charge in [0.1, 0.15) is 11.0 Å². The lowest BCUT2D eigenvalue weighted by Gasteiger charge is -2.14. The van der Waals surface area contributed by atoms with E-state index in [9.17, 15) is 0 Å². The van der Waals surface area contributed by atoms with Crippen LogP contribution in [0.25, 0.3) is 134 Å². The second-order valence-electron chi connectivity index (χ2n) is 16.8. The van der Waals surface area contributed by atoms with E-state index in [1.807, 2.05) is 78.9 Å². The molecule has 0 saturated heterocycles. The average Bonchev–Trinajstić information content (AvgIpc) is 4.09. The minimum absolute atomic E-state index is 0.542. The van der Waals surface area contributed by atoms with Gasteiger partial charge in [-0.1, -0.05) is 158 Å². The van der Waals surface area contributed by atoms with Gasteiger partial charge in [-0.25, -0.2) is 24.9 Å². The molecule has 0 fully saturated rings. The molecule has 0 spiro atoms. The predicted octanol–water partition coefficient (Wildman–Crippen LogP) is 14.6. The number of rotatable bonds is 6. The van der Waals surface area contributed by atoms with Gasteiger partial charge in [0.2, 0.25) is 17.8 Å². The van der Waals surface area contributed by atoms with Crippen LogP contribution in [-0.2, 0) is 0 Å². The van der Waals surface area contributed by atoms with Crippen molar-refractivity contribution in [3.8, 4) is 57.0 Å². The maximum atomic E-state index is 6.80. The smallest absolute Gasteiger partial charge is 0.235 e. The molecule has 8 heteroatoms. The van der Waals surface area contributed by atoms with Crippen molar-refractivity contribution in [2.75, 3.05) is 0 Å². The number of oxazole rings is 1. The van der Waals surface area contributed by atoms with Crippen molar-refractivity contribution in [3.05, 3.63) is 212 Å².